The van der Waals surface area contributed by atoms with E-state index < -0.39 is 93.0 Å². The minimum Gasteiger partial charge on any atom is -0.491 e. The number of likely N-dealkylation sites (N-methyl/N-ethyl adjacent to an activating group) is 1. The Morgan fingerprint density at radius 1 is 0.757 bits per heavy atom. The second-order valence-corrected chi connectivity index (χ2v) is 20.8. The van der Waals surface area contributed by atoms with Crippen molar-refractivity contribution >= 4 is 52.0 Å². The van der Waals surface area contributed by atoms with Crippen molar-refractivity contribution in [1.82, 2.24) is 36.2 Å². The first-order valence-electron chi connectivity index (χ1n) is 22.5. The van der Waals surface area contributed by atoms with Gasteiger partial charge >= 0.3 is 24.2 Å². The number of methoxy groups -OCH3 is 1. The van der Waals surface area contributed by atoms with Crippen LogP contribution in [-0.4, -0.2) is 137 Å². The van der Waals surface area contributed by atoms with Gasteiger partial charge in [0, 0.05) is 36.5 Å². The molecule has 6 N–H and O–H groups in total. The Morgan fingerprint density at radius 3 is 1.73 bits per heavy atom. The molecule has 388 valence electrons. The fourth-order valence-corrected chi connectivity index (χ4v) is 7.32. The van der Waals surface area contributed by atoms with Crippen LogP contribution in [0.3, 0.4) is 0 Å². The standard InChI is InChI=1S/C47H69N7O15S/c1-14-70(62,63)53-33(19-20-48-42(59)67-45(3,4)5)40(57)54(12)37-30-16-18-36(66-24-22-50-44(61)69-47(9,10)11)32(27-30)31-25-29(15-17-35(31)65-23-21-49-43(60)68-46(6,7)8)26-34(41(58)64-13)52-38(55)28(2)51-39(37)56/h14-18,25,27-28,33-34,37,53H,1,19-24,26H2,2-13H3,(H,48,59)(H,49,60)(H,50,61)(H,51,56)(H,52,55)/t28-,33-,34-,37-/m0/s1. The van der Waals surface area contributed by atoms with Crippen LogP contribution in [-0.2, 0) is 54.6 Å². The number of hydrogen-bond donors (Lipinski definition) is 6. The van der Waals surface area contributed by atoms with E-state index in [9.17, 15) is 42.0 Å². The Labute approximate surface area is 409 Å². The average Bonchev–Trinajstić information content (AvgIpc) is 3.23. The number of fused-ring (bicyclic) bond motifs is 5. The molecule has 2 aromatic carbocycles. The molecular weight excluding hydrogens is 935 g/mol. The predicted octanol–water partition coefficient (Wildman–Crippen LogP) is 3.73. The zero-order chi connectivity index (χ0) is 52.8. The number of esters is 1. The molecule has 0 saturated heterocycles. The number of amides is 6. The van der Waals surface area contributed by atoms with Crippen molar-refractivity contribution in [3.63, 3.8) is 0 Å². The second-order valence-electron chi connectivity index (χ2n) is 19.1. The summed E-state index contributed by atoms with van der Waals surface area (Å²) in [6.07, 6.45) is -2.60. The maximum atomic E-state index is 14.6. The van der Waals surface area contributed by atoms with Crippen LogP contribution in [0.4, 0.5) is 14.4 Å². The van der Waals surface area contributed by atoms with Crippen molar-refractivity contribution in [3.8, 4) is 22.6 Å². The van der Waals surface area contributed by atoms with E-state index in [-0.39, 0.29) is 68.3 Å². The first kappa shape index (κ1) is 57.7. The van der Waals surface area contributed by atoms with Crippen molar-refractivity contribution in [2.45, 2.75) is 123 Å². The van der Waals surface area contributed by atoms with E-state index in [1.807, 2.05) is 0 Å². The Kier molecular flexibility index (Phi) is 20.4. The number of rotatable bonds is 17. The van der Waals surface area contributed by atoms with E-state index >= 15 is 0 Å². The molecule has 0 radical (unpaired) electrons. The van der Waals surface area contributed by atoms with Crippen LogP contribution in [0.1, 0.15) is 92.8 Å². The lowest BCUT2D eigenvalue weighted by Gasteiger charge is -2.32. The van der Waals surface area contributed by atoms with E-state index in [2.05, 4.69) is 37.9 Å². The molecule has 23 heteroatoms. The molecule has 0 aromatic heterocycles. The van der Waals surface area contributed by atoms with Crippen LogP contribution in [0, 0.1) is 0 Å². The van der Waals surface area contributed by atoms with Crippen LogP contribution < -0.4 is 40.8 Å². The molecule has 3 rings (SSSR count). The van der Waals surface area contributed by atoms with Gasteiger partial charge in [-0.15, -0.1) is 0 Å². The molecule has 1 heterocycles. The first-order valence-corrected chi connectivity index (χ1v) is 24.0. The largest absolute Gasteiger partial charge is 0.491 e. The monoisotopic (exact) mass is 1000 g/mol. The van der Waals surface area contributed by atoms with Crippen molar-refractivity contribution in [2.24, 2.45) is 0 Å². The highest BCUT2D eigenvalue weighted by Crippen LogP contribution is 2.40. The predicted molar refractivity (Wildman–Crippen MR) is 257 cm³/mol. The van der Waals surface area contributed by atoms with Crippen LogP contribution in [0.5, 0.6) is 11.5 Å². The Bertz CT molecular complexity index is 2340. The molecule has 0 unspecified atom stereocenters. The number of nitrogens with one attached hydrogen (secondary N) is 6. The topological polar surface area (TPSA) is 284 Å². The van der Waals surface area contributed by atoms with Crippen LogP contribution in [0.25, 0.3) is 11.1 Å². The summed E-state index contributed by atoms with van der Waals surface area (Å²) in [7, 11) is -1.89. The summed E-state index contributed by atoms with van der Waals surface area (Å²) in [5, 5.41) is 13.6. The average molecular weight is 1000 g/mol. The molecule has 4 atom stereocenters. The molecule has 0 fully saturated rings. The number of carbonyl (C=O) groups is 7. The van der Waals surface area contributed by atoms with Gasteiger partial charge in [-0.3, -0.25) is 14.4 Å². The van der Waals surface area contributed by atoms with E-state index in [0.29, 0.717) is 16.5 Å². The van der Waals surface area contributed by atoms with E-state index in [0.717, 1.165) is 12.0 Å². The summed E-state index contributed by atoms with van der Waals surface area (Å²) < 4.78 is 61.5. The van der Waals surface area contributed by atoms with Gasteiger partial charge in [-0.1, -0.05) is 18.7 Å². The fourth-order valence-electron chi connectivity index (χ4n) is 6.61. The third kappa shape index (κ3) is 19.1. The summed E-state index contributed by atoms with van der Waals surface area (Å²) in [5.41, 5.74) is -1.14. The Morgan fingerprint density at radius 2 is 1.24 bits per heavy atom. The minimum absolute atomic E-state index is 0.00366. The third-order valence-corrected chi connectivity index (χ3v) is 10.7. The third-order valence-electron chi connectivity index (χ3n) is 9.61. The lowest BCUT2D eigenvalue weighted by Crippen LogP contribution is -2.55. The van der Waals surface area contributed by atoms with Crippen LogP contribution >= 0.6 is 0 Å². The molecule has 6 amide bonds. The fraction of sp³-hybridized carbons (Fsp3) is 0.553. The van der Waals surface area contributed by atoms with E-state index in [4.69, 9.17) is 28.4 Å². The molecule has 1 aliphatic rings. The number of carbonyl (C=O) groups excluding carboxylic acids is 7. The van der Waals surface area contributed by atoms with Crippen LogP contribution in [0.15, 0.2) is 48.4 Å². The maximum absolute atomic E-state index is 14.6. The van der Waals surface area contributed by atoms with Crippen molar-refractivity contribution in [1.29, 1.82) is 0 Å². The minimum atomic E-state index is -4.30. The number of alkyl carbamates (subject to hydrolysis) is 3. The van der Waals surface area contributed by atoms with Gasteiger partial charge in [0.2, 0.25) is 27.7 Å². The number of nitrogens with zero attached hydrogens (tertiary/aromatic N) is 1. The van der Waals surface area contributed by atoms with Gasteiger partial charge in [0.15, 0.2) is 0 Å². The highest BCUT2D eigenvalue weighted by atomic mass is 32.2. The van der Waals surface area contributed by atoms with Crippen molar-refractivity contribution in [2.75, 3.05) is 47.0 Å². The lowest BCUT2D eigenvalue weighted by molar-refractivity contribution is -0.145. The second kappa shape index (κ2) is 24.8. The number of benzene rings is 2. The molecule has 4 bridgehead atoms. The molecule has 1 aliphatic heterocycles. The van der Waals surface area contributed by atoms with Gasteiger partial charge in [-0.25, -0.2) is 27.6 Å². The number of hydrogen-bond acceptors (Lipinski definition) is 15. The number of sulfonamides is 1. The van der Waals surface area contributed by atoms with Gasteiger partial charge in [-0.05, 0) is 111 Å². The maximum Gasteiger partial charge on any atom is 0.407 e. The Balaban J connectivity index is 2.27. The number of ether oxygens (including phenoxy) is 6. The van der Waals surface area contributed by atoms with E-state index in [1.54, 1.807) is 80.5 Å². The molecule has 2 aromatic rings. The van der Waals surface area contributed by atoms with Gasteiger partial charge < -0.3 is 59.9 Å². The van der Waals surface area contributed by atoms with Crippen LogP contribution in [0.2, 0.25) is 0 Å². The summed E-state index contributed by atoms with van der Waals surface area (Å²) in [4.78, 5) is 94.5. The molecular formula is C47H69N7O15S. The van der Waals surface area contributed by atoms with Gasteiger partial charge in [0.25, 0.3) is 0 Å². The zero-order valence-electron chi connectivity index (χ0n) is 42.0. The van der Waals surface area contributed by atoms with Crippen molar-refractivity contribution < 1.29 is 70.4 Å². The smallest absolute Gasteiger partial charge is 0.407 e. The first-order chi connectivity index (χ1) is 32.4. The highest BCUT2D eigenvalue weighted by Gasteiger charge is 2.37. The van der Waals surface area contributed by atoms with Crippen molar-refractivity contribution in [3.05, 3.63) is 59.5 Å². The molecule has 70 heavy (non-hydrogen) atoms. The van der Waals surface area contributed by atoms with E-state index in [1.165, 1.54) is 32.2 Å². The SMILES string of the molecule is C=CS(=O)(=O)N[C@@H](CCNC(=O)OC(C)(C)C)C(=O)N(C)[C@@H]1C(=O)N[C@@H](C)C(=O)N[C@H](C(=O)OC)Cc2ccc(OCCNC(=O)OC(C)(C)C)c(c2)-c2cc1ccc2OCCNC(=O)OC(C)(C)C. The quantitative estimate of drug-likeness (QED) is 0.0748. The summed E-state index contributed by atoms with van der Waals surface area (Å²) in [5.74, 6) is -2.98. The zero-order valence-corrected chi connectivity index (χ0v) is 42.8. The highest BCUT2D eigenvalue weighted by molar-refractivity contribution is 7.92. The normalized spacial score (nSPS) is 16.9. The summed E-state index contributed by atoms with van der Waals surface area (Å²) in [6, 6.07) is 3.71. The molecule has 22 nitrogen and oxygen atoms in total. The van der Waals surface area contributed by atoms with Gasteiger partial charge in [0.05, 0.1) is 20.2 Å². The lowest BCUT2D eigenvalue weighted by atomic mass is 9.93. The Hall–Kier alpha value is -6.62. The summed E-state index contributed by atoms with van der Waals surface area (Å²) >= 11 is 0. The molecule has 0 aliphatic carbocycles. The summed E-state index contributed by atoms with van der Waals surface area (Å²) in [6.45, 7) is 19.5. The van der Waals surface area contributed by atoms with Gasteiger partial charge in [-0.2, -0.15) is 4.72 Å². The van der Waals surface area contributed by atoms with Gasteiger partial charge in [0.1, 0.15) is 65.7 Å². The molecule has 0 saturated carbocycles. The molecule has 0 spiro atoms.